The van der Waals surface area contributed by atoms with Crippen molar-refractivity contribution in [3.8, 4) is 0 Å². The third kappa shape index (κ3) is 2.07. The summed E-state index contributed by atoms with van der Waals surface area (Å²) in [6.45, 7) is 9.27. The highest BCUT2D eigenvalue weighted by atomic mass is 16.3. The predicted molar refractivity (Wildman–Crippen MR) is 64.6 cm³/mol. The average Bonchev–Trinajstić information content (AvgIpc) is 2.22. The van der Waals surface area contributed by atoms with Crippen LogP contribution in [0.1, 0.15) is 53.4 Å². The SMILES string of the molecule is CCC(C)(CN)C1(O)CC(C)CCC1C. The molecule has 15 heavy (non-hydrogen) atoms. The van der Waals surface area contributed by atoms with Crippen LogP contribution < -0.4 is 5.73 Å². The maximum Gasteiger partial charge on any atom is 0.0740 e. The van der Waals surface area contributed by atoms with Gasteiger partial charge in [-0.1, -0.05) is 34.1 Å². The molecule has 4 unspecified atom stereocenters. The molecule has 3 N–H and O–H groups in total. The van der Waals surface area contributed by atoms with Crippen LogP contribution in [0.4, 0.5) is 0 Å². The van der Waals surface area contributed by atoms with Crippen molar-refractivity contribution < 1.29 is 5.11 Å². The number of nitrogens with two attached hydrogens (primary N) is 1. The van der Waals surface area contributed by atoms with E-state index in [1.54, 1.807) is 0 Å². The molecule has 0 bridgehead atoms. The lowest BCUT2D eigenvalue weighted by Gasteiger charge is -2.52. The summed E-state index contributed by atoms with van der Waals surface area (Å²) in [5, 5.41) is 10.9. The van der Waals surface area contributed by atoms with Crippen LogP contribution >= 0.6 is 0 Å². The van der Waals surface area contributed by atoms with Gasteiger partial charge in [0.25, 0.3) is 0 Å². The Morgan fingerprint density at radius 1 is 1.40 bits per heavy atom. The third-order valence-corrected chi connectivity index (χ3v) is 4.84. The molecular weight excluding hydrogens is 186 g/mol. The van der Waals surface area contributed by atoms with Gasteiger partial charge in [-0.2, -0.15) is 0 Å². The molecule has 2 nitrogen and oxygen atoms in total. The maximum atomic E-state index is 10.9. The van der Waals surface area contributed by atoms with Crippen molar-refractivity contribution in [3.63, 3.8) is 0 Å². The molecule has 1 saturated carbocycles. The minimum absolute atomic E-state index is 0.124. The molecule has 0 saturated heterocycles. The summed E-state index contributed by atoms with van der Waals surface area (Å²) in [6, 6.07) is 0. The van der Waals surface area contributed by atoms with Gasteiger partial charge in [-0.05, 0) is 31.1 Å². The monoisotopic (exact) mass is 213 g/mol. The van der Waals surface area contributed by atoms with E-state index in [9.17, 15) is 5.11 Å². The second kappa shape index (κ2) is 4.42. The Morgan fingerprint density at radius 3 is 2.47 bits per heavy atom. The molecule has 1 aliphatic rings. The number of hydrogen-bond donors (Lipinski definition) is 2. The van der Waals surface area contributed by atoms with E-state index < -0.39 is 5.60 Å². The van der Waals surface area contributed by atoms with Gasteiger partial charge in [-0.25, -0.2) is 0 Å². The minimum Gasteiger partial charge on any atom is -0.389 e. The fraction of sp³-hybridized carbons (Fsp3) is 1.00. The second-order valence-electron chi connectivity index (χ2n) is 5.83. The van der Waals surface area contributed by atoms with Gasteiger partial charge in [0, 0.05) is 12.0 Å². The van der Waals surface area contributed by atoms with Gasteiger partial charge in [0.1, 0.15) is 0 Å². The average molecular weight is 213 g/mol. The van der Waals surface area contributed by atoms with Gasteiger partial charge in [-0.3, -0.25) is 0 Å². The first-order valence-electron chi connectivity index (χ1n) is 6.32. The normalized spacial score (nSPS) is 41.2. The van der Waals surface area contributed by atoms with Gasteiger partial charge >= 0.3 is 0 Å². The zero-order chi connectivity index (χ0) is 11.7. The number of aliphatic hydroxyl groups is 1. The van der Waals surface area contributed by atoms with Crippen LogP contribution in [0.25, 0.3) is 0 Å². The fourth-order valence-electron chi connectivity index (χ4n) is 3.08. The molecule has 0 aliphatic heterocycles. The lowest BCUT2D eigenvalue weighted by atomic mass is 9.58. The van der Waals surface area contributed by atoms with Crippen LogP contribution in [-0.2, 0) is 0 Å². The lowest BCUT2D eigenvalue weighted by molar-refractivity contribution is -0.144. The Balaban J connectivity index is 2.95. The van der Waals surface area contributed by atoms with Crippen molar-refractivity contribution in [2.45, 2.75) is 59.0 Å². The van der Waals surface area contributed by atoms with Gasteiger partial charge in [0.15, 0.2) is 0 Å². The molecule has 1 aliphatic carbocycles. The topological polar surface area (TPSA) is 46.2 Å². The molecule has 90 valence electrons. The number of hydrogen-bond acceptors (Lipinski definition) is 2. The third-order valence-electron chi connectivity index (χ3n) is 4.84. The molecule has 0 aromatic rings. The van der Waals surface area contributed by atoms with Crippen LogP contribution in [-0.4, -0.2) is 17.3 Å². The van der Waals surface area contributed by atoms with E-state index in [0.29, 0.717) is 18.4 Å². The molecule has 2 heteroatoms. The summed E-state index contributed by atoms with van der Waals surface area (Å²) in [4.78, 5) is 0. The van der Waals surface area contributed by atoms with Crippen molar-refractivity contribution >= 4 is 0 Å². The molecule has 1 rings (SSSR count). The van der Waals surface area contributed by atoms with Crippen LogP contribution in [0, 0.1) is 17.3 Å². The van der Waals surface area contributed by atoms with Gasteiger partial charge in [-0.15, -0.1) is 0 Å². The summed E-state index contributed by atoms with van der Waals surface area (Å²) in [7, 11) is 0. The lowest BCUT2D eigenvalue weighted by Crippen LogP contribution is -2.57. The van der Waals surface area contributed by atoms with E-state index in [1.165, 1.54) is 6.42 Å². The Bertz CT molecular complexity index is 213. The molecular formula is C13H27NO. The van der Waals surface area contributed by atoms with E-state index in [0.717, 1.165) is 19.3 Å². The molecule has 0 heterocycles. The Morgan fingerprint density at radius 2 is 2.00 bits per heavy atom. The molecule has 0 aromatic heterocycles. The Kier molecular flexibility index (Phi) is 3.83. The van der Waals surface area contributed by atoms with Crippen molar-refractivity contribution in [1.29, 1.82) is 0 Å². The van der Waals surface area contributed by atoms with E-state index in [4.69, 9.17) is 5.73 Å². The quantitative estimate of drug-likeness (QED) is 0.757. The van der Waals surface area contributed by atoms with E-state index in [-0.39, 0.29) is 5.41 Å². The smallest absolute Gasteiger partial charge is 0.0740 e. The largest absolute Gasteiger partial charge is 0.389 e. The summed E-state index contributed by atoms with van der Waals surface area (Å²) in [5.41, 5.74) is 5.20. The molecule has 0 aromatic carbocycles. The van der Waals surface area contributed by atoms with Crippen LogP contribution in [0.15, 0.2) is 0 Å². The zero-order valence-corrected chi connectivity index (χ0v) is 10.7. The first-order chi connectivity index (χ1) is 6.89. The van der Waals surface area contributed by atoms with Crippen molar-refractivity contribution in [2.75, 3.05) is 6.54 Å². The van der Waals surface area contributed by atoms with E-state index in [2.05, 4.69) is 27.7 Å². The van der Waals surface area contributed by atoms with Crippen LogP contribution in [0.5, 0.6) is 0 Å². The van der Waals surface area contributed by atoms with Crippen LogP contribution in [0.3, 0.4) is 0 Å². The molecule has 0 amide bonds. The van der Waals surface area contributed by atoms with Crippen molar-refractivity contribution in [2.24, 2.45) is 23.0 Å². The van der Waals surface area contributed by atoms with Crippen molar-refractivity contribution in [3.05, 3.63) is 0 Å². The second-order valence-corrected chi connectivity index (χ2v) is 5.83. The fourth-order valence-corrected chi connectivity index (χ4v) is 3.08. The van der Waals surface area contributed by atoms with Gasteiger partial charge in [0.05, 0.1) is 5.60 Å². The summed E-state index contributed by atoms with van der Waals surface area (Å²) in [6.07, 6.45) is 4.24. The molecule has 0 radical (unpaired) electrons. The van der Waals surface area contributed by atoms with E-state index >= 15 is 0 Å². The number of rotatable bonds is 3. The van der Waals surface area contributed by atoms with Gasteiger partial charge in [0.2, 0.25) is 0 Å². The van der Waals surface area contributed by atoms with Crippen molar-refractivity contribution in [1.82, 2.24) is 0 Å². The zero-order valence-electron chi connectivity index (χ0n) is 10.7. The minimum atomic E-state index is -0.561. The standard InChI is InChI=1S/C13H27NO/c1-5-12(4,9-14)13(15)8-10(2)6-7-11(13)3/h10-11,15H,5-9,14H2,1-4H3. The van der Waals surface area contributed by atoms with Crippen LogP contribution in [0.2, 0.25) is 0 Å². The Hall–Kier alpha value is -0.0800. The van der Waals surface area contributed by atoms with Gasteiger partial charge < -0.3 is 10.8 Å². The predicted octanol–water partition coefficient (Wildman–Crippen LogP) is 2.55. The van der Waals surface area contributed by atoms with E-state index in [1.807, 2.05) is 0 Å². The maximum absolute atomic E-state index is 10.9. The highest BCUT2D eigenvalue weighted by molar-refractivity contribution is 5.02. The molecule has 1 fully saturated rings. The highest BCUT2D eigenvalue weighted by Crippen LogP contribution is 2.48. The summed E-state index contributed by atoms with van der Waals surface area (Å²) >= 11 is 0. The molecule has 4 atom stereocenters. The Labute approximate surface area is 94.2 Å². The molecule has 0 spiro atoms. The first kappa shape index (κ1) is 13.0. The highest BCUT2D eigenvalue weighted by Gasteiger charge is 2.50. The summed E-state index contributed by atoms with van der Waals surface area (Å²) < 4.78 is 0. The first-order valence-corrected chi connectivity index (χ1v) is 6.32. The summed E-state index contributed by atoms with van der Waals surface area (Å²) in [5.74, 6) is 1.01.